The monoisotopic (exact) mass is 221 g/mol. The molecule has 0 radical (unpaired) electrons. The van der Waals surface area contributed by atoms with E-state index in [4.69, 9.17) is 0 Å². The highest BCUT2D eigenvalue weighted by molar-refractivity contribution is 7.11. The van der Waals surface area contributed by atoms with E-state index < -0.39 is 0 Å². The van der Waals surface area contributed by atoms with Crippen LogP contribution in [-0.2, 0) is 4.79 Å². The molecule has 78 valence electrons. The molecule has 2 heterocycles. The zero-order chi connectivity index (χ0) is 10.7. The minimum absolute atomic E-state index is 0.206. The Hall–Kier alpha value is -1.41. The van der Waals surface area contributed by atoms with Crippen LogP contribution < -0.4 is 0 Å². The van der Waals surface area contributed by atoms with Crippen LogP contribution in [0.3, 0.4) is 0 Å². The minimum atomic E-state index is 0.206. The van der Waals surface area contributed by atoms with Crippen LogP contribution in [0.15, 0.2) is 0 Å². The van der Waals surface area contributed by atoms with Crippen molar-refractivity contribution in [1.29, 1.82) is 0 Å². The van der Waals surface area contributed by atoms with Crippen LogP contribution >= 0.6 is 11.3 Å². The number of rotatable bonds is 1. The summed E-state index contributed by atoms with van der Waals surface area (Å²) in [5.74, 6) is 6.07. The van der Waals surface area contributed by atoms with E-state index in [0.717, 1.165) is 23.0 Å². The molecule has 1 aromatic rings. The van der Waals surface area contributed by atoms with Crippen LogP contribution in [0.1, 0.15) is 22.9 Å². The third kappa shape index (κ3) is 2.54. The highest BCUT2D eigenvalue weighted by Crippen LogP contribution is 2.08. The lowest BCUT2D eigenvalue weighted by atomic mass is 10.4. The Morgan fingerprint density at radius 1 is 1.53 bits per heavy atom. The average molecular weight is 221 g/mol. The van der Waals surface area contributed by atoms with Gasteiger partial charge in [-0.1, -0.05) is 17.3 Å². The van der Waals surface area contributed by atoms with Crippen LogP contribution in [0.2, 0.25) is 0 Å². The molecule has 0 unspecified atom stereocenters. The molecule has 0 saturated carbocycles. The van der Waals surface area contributed by atoms with Gasteiger partial charge in [-0.05, 0) is 19.3 Å². The molecule has 4 nitrogen and oxygen atoms in total. The van der Waals surface area contributed by atoms with Crippen LogP contribution in [-0.4, -0.2) is 34.1 Å². The summed E-state index contributed by atoms with van der Waals surface area (Å²) in [5.41, 5.74) is 0. The molecule has 1 aromatic heterocycles. The summed E-state index contributed by atoms with van der Waals surface area (Å²) < 4.78 is 0. The van der Waals surface area contributed by atoms with Crippen molar-refractivity contribution in [3.8, 4) is 11.8 Å². The maximum Gasteiger partial charge on any atom is 0.223 e. The zero-order valence-corrected chi connectivity index (χ0v) is 9.30. The number of likely N-dealkylation sites (tertiary alicyclic amines) is 1. The molecule has 5 heteroatoms. The maximum absolute atomic E-state index is 11.3. The van der Waals surface area contributed by atoms with E-state index in [0.29, 0.717) is 13.0 Å². The zero-order valence-electron chi connectivity index (χ0n) is 8.49. The molecule has 0 spiro atoms. The first-order valence-electron chi connectivity index (χ1n) is 4.82. The van der Waals surface area contributed by atoms with Gasteiger partial charge in [-0.25, -0.2) is 0 Å². The predicted octanol–water partition coefficient (Wildman–Crippen LogP) is 0.820. The van der Waals surface area contributed by atoms with E-state index in [9.17, 15) is 4.79 Å². The number of carbonyl (C=O) groups is 1. The molecule has 0 bridgehead atoms. The quantitative estimate of drug-likeness (QED) is 0.660. The summed E-state index contributed by atoms with van der Waals surface area (Å²) in [6.45, 7) is 3.24. The second-order valence-corrected chi connectivity index (χ2v) is 4.53. The van der Waals surface area contributed by atoms with Gasteiger partial charge in [0.2, 0.25) is 5.91 Å². The van der Waals surface area contributed by atoms with Crippen molar-refractivity contribution in [3.05, 3.63) is 10.0 Å². The Labute approximate surface area is 92.3 Å². The van der Waals surface area contributed by atoms with Gasteiger partial charge in [-0.3, -0.25) is 4.79 Å². The van der Waals surface area contributed by atoms with Crippen molar-refractivity contribution in [1.82, 2.24) is 15.1 Å². The van der Waals surface area contributed by atoms with Crippen LogP contribution in [0.4, 0.5) is 0 Å². The number of carbonyl (C=O) groups excluding carboxylic acids is 1. The molecule has 1 aliphatic heterocycles. The molecule has 2 rings (SSSR count). The highest BCUT2D eigenvalue weighted by atomic mass is 32.1. The summed E-state index contributed by atoms with van der Waals surface area (Å²) in [6.07, 6.45) is 1.62. The normalized spacial score (nSPS) is 15.3. The third-order valence-corrected chi connectivity index (χ3v) is 2.92. The fourth-order valence-corrected chi connectivity index (χ4v) is 2.00. The Kier molecular flexibility index (Phi) is 2.97. The van der Waals surface area contributed by atoms with Crippen molar-refractivity contribution in [2.45, 2.75) is 19.8 Å². The summed E-state index contributed by atoms with van der Waals surface area (Å²) in [7, 11) is 0. The van der Waals surface area contributed by atoms with Gasteiger partial charge in [-0.2, -0.15) is 0 Å². The molecule has 0 atom stereocenters. The lowest BCUT2D eigenvalue weighted by Gasteiger charge is -2.09. The number of nitrogens with zero attached hydrogens (tertiary/aromatic N) is 3. The molecular weight excluding hydrogens is 210 g/mol. The second kappa shape index (κ2) is 4.41. The van der Waals surface area contributed by atoms with Gasteiger partial charge in [0.15, 0.2) is 5.01 Å². The lowest BCUT2D eigenvalue weighted by Crippen LogP contribution is -2.24. The number of aromatic nitrogens is 2. The SMILES string of the molecule is Cc1nnc(C#CCN2CCCC2=O)s1. The summed E-state index contributed by atoms with van der Waals surface area (Å²) in [5, 5.41) is 9.39. The first-order chi connectivity index (χ1) is 7.25. The van der Waals surface area contributed by atoms with Crippen LogP contribution in [0.5, 0.6) is 0 Å². The van der Waals surface area contributed by atoms with Crippen LogP contribution in [0.25, 0.3) is 0 Å². The standard InChI is InChI=1S/C10H11N3OS/c1-8-11-12-9(15-8)4-2-6-13-7-3-5-10(13)14/h3,5-7H2,1H3. The van der Waals surface area contributed by atoms with Gasteiger partial charge in [0, 0.05) is 13.0 Å². The van der Waals surface area contributed by atoms with Crippen molar-refractivity contribution in [2.75, 3.05) is 13.1 Å². The first-order valence-corrected chi connectivity index (χ1v) is 5.64. The summed E-state index contributed by atoms with van der Waals surface area (Å²) >= 11 is 1.47. The molecule has 15 heavy (non-hydrogen) atoms. The van der Waals surface area contributed by atoms with Gasteiger partial charge in [0.25, 0.3) is 0 Å². The molecule has 1 fully saturated rings. The second-order valence-electron chi connectivity index (χ2n) is 3.35. The van der Waals surface area contributed by atoms with Gasteiger partial charge in [0.1, 0.15) is 5.01 Å². The number of aryl methyl sites for hydroxylation is 1. The van der Waals surface area contributed by atoms with Gasteiger partial charge < -0.3 is 4.90 Å². The smallest absolute Gasteiger partial charge is 0.223 e. The first kappa shape index (κ1) is 10.1. The Balaban J connectivity index is 1.92. The highest BCUT2D eigenvalue weighted by Gasteiger charge is 2.18. The molecule has 0 aromatic carbocycles. The maximum atomic E-state index is 11.3. The molecule has 0 aliphatic carbocycles. The largest absolute Gasteiger partial charge is 0.332 e. The molecule has 1 aliphatic rings. The Morgan fingerprint density at radius 3 is 3.00 bits per heavy atom. The number of hydrogen-bond donors (Lipinski definition) is 0. The van der Waals surface area contributed by atoms with Crippen LogP contribution in [0, 0.1) is 18.8 Å². The van der Waals surface area contributed by atoms with Crippen molar-refractivity contribution < 1.29 is 4.79 Å². The van der Waals surface area contributed by atoms with E-state index in [1.165, 1.54) is 11.3 Å². The van der Waals surface area contributed by atoms with Crippen molar-refractivity contribution in [2.24, 2.45) is 0 Å². The van der Waals surface area contributed by atoms with Crippen molar-refractivity contribution >= 4 is 17.2 Å². The van der Waals surface area contributed by atoms with Gasteiger partial charge in [0.05, 0.1) is 6.54 Å². The summed E-state index contributed by atoms with van der Waals surface area (Å²) in [6, 6.07) is 0. The lowest BCUT2D eigenvalue weighted by molar-refractivity contribution is -0.127. The van der Waals surface area contributed by atoms with E-state index in [1.807, 2.05) is 6.92 Å². The fraction of sp³-hybridized carbons (Fsp3) is 0.500. The molecule has 1 amide bonds. The Bertz CT molecular complexity index is 429. The van der Waals surface area contributed by atoms with E-state index in [2.05, 4.69) is 22.0 Å². The summed E-state index contributed by atoms with van der Waals surface area (Å²) in [4.78, 5) is 13.0. The van der Waals surface area contributed by atoms with Crippen molar-refractivity contribution in [3.63, 3.8) is 0 Å². The van der Waals surface area contributed by atoms with E-state index in [1.54, 1.807) is 4.90 Å². The molecule has 0 N–H and O–H groups in total. The van der Waals surface area contributed by atoms with E-state index >= 15 is 0 Å². The van der Waals surface area contributed by atoms with Gasteiger partial charge >= 0.3 is 0 Å². The topological polar surface area (TPSA) is 46.1 Å². The number of hydrogen-bond acceptors (Lipinski definition) is 4. The molecule has 1 saturated heterocycles. The molecular formula is C10H11N3OS. The number of amides is 1. The van der Waals surface area contributed by atoms with Gasteiger partial charge in [-0.15, -0.1) is 10.2 Å². The third-order valence-electron chi connectivity index (χ3n) is 2.16. The fourth-order valence-electron chi connectivity index (χ4n) is 1.43. The Morgan fingerprint density at radius 2 is 2.40 bits per heavy atom. The predicted molar refractivity (Wildman–Crippen MR) is 57.3 cm³/mol. The minimum Gasteiger partial charge on any atom is -0.332 e. The van der Waals surface area contributed by atoms with E-state index in [-0.39, 0.29) is 5.91 Å². The average Bonchev–Trinajstić information content (AvgIpc) is 2.77.